The minimum atomic E-state index is 0.952. The maximum Gasteiger partial charge on any atom is 0.0464 e. The van der Waals surface area contributed by atoms with Gasteiger partial charge >= 0.3 is 0 Å². The van der Waals surface area contributed by atoms with Gasteiger partial charge in [0.2, 0.25) is 0 Å². The van der Waals surface area contributed by atoms with Crippen LogP contribution < -0.4 is 5.32 Å². The van der Waals surface area contributed by atoms with E-state index in [0.29, 0.717) is 0 Å². The topological polar surface area (TPSA) is 12.0 Å². The van der Waals surface area contributed by atoms with Gasteiger partial charge in [0.1, 0.15) is 0 Å². The molecule has 0 spiro atoms. The van der Waals surface area contributed by atoms with Gasteiger partial charge in [-0.2, -0.15) is 0 Å². The van der Waals surface area contributed by atoms with Crippen molar-refractivity contribution in [1.29, 1.82) is 0 Å². The van der Waals surface area contributed by atoms with Crippen molar-refractivity contribution in [2.24, 2.45) is 0 Å². The number of aryl methyl sites for hydroxylation is 7. The third kappa shape index (κ3) is 28.4. The average molecular weight is 1250 g/mol. The highest BCUT2D eigenvalue weighted by Crippen LogP contribution is 2.36. The molecule has 1 heteroatoms. The van der Waals surface area contributed by atoms with Gasteiger partial charge < -0.3 is 5.32 Å². The molecule has 0 unspecified atom stereocenters. The molecule has 0 fully saturated rings. The maximum absolute atomic E-state index is 4.44. The van der Waals surface area contributed by atoms with Gasteiger partial charge in [-0.1, -0.05) is 333 Å². The van der Waals surface area contributed by atoms with Crippen LogP contribution >= 0.6 is 0 Å². The van der Waals surface area contributed by atoms with Crippen LogP contribution in [0.5, 0.6) is 0 Å². The van der Waals surface area contributed by atoms with E-state index in [2.05, 4.69) is 305 Å². The van der Waals surface area contributed by atoms with E-state index in [4.69, 9.17) is 0 Å². The second-order valence-corrected chi connectivity index (χ2v) is 22.3. The van der Waals surface area contributed by atoms with Gasteiger partial charge in [0.05, 0.1) is 0 Å². The van der Waals surface area contributed by atoms with Crippen LogP contribution in [0.3, 0.4) is 0 Å². The predicted molar refractivity (Wildman–Crippen MR) is 429 cm³/mol. The molecule has 0 heterocycles. The van der Waals surface area contributed by atoms with Crippen LogP contribution in [0.25, 0.3) is 50.1 Å². The van der Waals surface area contributed by atoms with Crippen molar-refractivity contribution in [2.75, 3.05) is 5.32 Å². The molecule has 0 amide bonds. The molecule has 0 saturated carbocycles. The summed E-state index contributed by atoms with van der Waals surface area (Å²) in [6, 6.07) is 76.7. The normalized spacial score (nSPS) is 11.3. The second-order valence-electron chi connectivity index (χ2n) is 22.3. The Balaban J connectivity index is 0.000000350. The molecule has 0 radical (unpaired) electrons. The standard InChI is InChI=1S/C40H37N.C12H12.C11H8.C10H16.C8H10.C7H8.3C2H6/c1-6-7-8-14-30(4)39-27-35(34-21-20-31(5)38(26-34)37-19-10-9-15-29(37)3)22-23-40(39)41-36-18-12-17-33(25-36)32-16-11-13-28(2)24-32;1-10-5-4-8-12(9-10)11-6-2-3-7-11;1-2-6-10(7-3-1)11-8-4-5-9-11;1-5-7-9(3)10(4)8-6-2;1-7-5-3-4-6-8(7)2;1-7-5-3-2-4-6-7;3*1-2/h6-27,41H,4H2,1-3,5H3;2-6,8-9H,7H2,1H3;1-8H;5,7-8H,3,6H2,1-2,4H3;3-6H,1-2H3;2-6H,1H3;3*1-2H3/b7-6-,14-8-;;;7-5-,10-8+;;;;;. The fraction of sp³-hybridized carbons (Fsp3) is 0.202. The summed E-state index contributed by atoms with van der Waals surface area (Å²) in [6.07, 6.45) is 29.1. The smallest absolute Gasteiger partial charge is 0.0464 e. The Morgan fingerprint density at radius 1 is 0.463 bits per heavy atom. The van der Waals surface area contributed by atoms with Crippen molar-refractivity contribution in [3.63, 3.8) is 0 Å². The molecule has 9 aromatic carbocycles. The van der Waals surface area contributed by atoms with E-state index in [9.17, 15) is 0 Å². The molecule has 0 aliphatic heterocycles. The first kappa shape index (κ1) is 79.2. The highest BCUT2D eigenvalue weighted by Gasteiger charge is 2.12. The summed E-state index contributed by atoms with van der Waals surface area (Å²) in [6.45, 7) is 43.5. The number of hydrogen-bond acceptors (Lipinski definition) is 1. The van der Waals surface area contributed by atoms with Crippen LogP contribution in [0.4, 0.5) is 11.4 Å². The molecule has 490 valence electrons. The van der Waals surface area contributed by atoms with Gasteiger partial charge in [-0.15, -0.1) is 5.73 Å². The van der Waals surface area contributed by atoms with Crippen LogP contribution in [0, 0.1) is 48.5 Å². The average Bonchev–Trinajstić information content (AvgIpc) is 1.40. The first-order valence-electron chi connectivity index (χ1n) is 34.1. The monoisotopic (exact) mass is 1250 g/mol. The number of hydrogen-bond donors (Lipinski definition) is 1. The lowest BCUT2D eigenvalue weighted by molar-refractivity contribution is 1.19. The Kier molecular flexibility index (Phi) is 38.4. The van der Waals surface area contributed by atoms with E-state index in [1.54, 1.807) is 0 Å². The van der Waals surface area contributed by atoms with Crippen molar-refractivity contribution in [1.82, 2.24) is 0 Å². The number of rotatable bonds is 13. The minimum absolute atomic E-state index is 0.952. The van der Waals surface area contributed by atoms with E-state index in [0.717, 1.165) is 46.5 Å². The zero-order valence-corrected chi connectivity index (χ0v) is 60.6. The lowest BCUT2D eigenvalue weighted by atomic mass is 9.91. The largest absolute Gasteiger partial charge is 0.355 e. The zero-order chi connectivity index (χ0) is 69.8. The lowest BCUT2D eigenvalue weighted by Crippen LogP contribution is -1.96. The van der Waals surface area contributed by atoms with Gasteiger partial charge in [0.15, 0.2) is 0 Å². The van der Waals surface area contributed by atoms with E-state index in [-0.39, 0.29) is 0 Å². The number of allylic oxidation sites excluding steroid dienone is 17. The highest BCUT2D eigenvalue weighted by atomic mass is 14.9. The molecule has 0 aromatic heterocycles. The molecule has 2 aliphatic rings. The fourth-order valence-electron chi connectivity index (χ4n) is 9.80. The first-order chi connectivity index (χ1) is 46.2. The first-order valence-corrected chi connectivity index (χ1v) is 34.1. The van der Waals surface area contributed by atoms with Crippen LogP contribution in [0.15, 0.2) is 327 Å². The zero-order valence-electron chi connectivity index (χ0n) is 60.6. The Labute approximate surface area is 576 Å². The van der Waals surface area contributed by atoms with Gasteiger partial charge in [-0.3, -0.25) is 0 Å². The van der Waals surface area contributed by atoms with Crippen molar-refractivity contribution in [3.05, 3.63) is 383 Å². The summed E-state index contributed by atoms with van der Waals surface area (Å²) < 4.78 is 0. The summed E-state index contributed by atoms with van der Waals surface area (Å²) >= 11 is 0. The molecule has 0 bridgehead atoms. The van der Waals surface area contributed by atoms with Crippen molar-refractivity contribution in [3.8, 4) is 33.4 Å². The number of nitrogens with one attached hydrogen (secondary N) is 1. The van der Waals surface area contributed by atoms with E-state index in [1.165, 1.54) is 94.6 Å². The molecular formula is C94H109N. The van der Waals surface area contributed by atoms with Gasteiger partial charge in [-0.05, 0) is 214 Å². The SMILES string of the molecule is C1=CC=CC=1c1ccccc1.C=C(/C=C\C)/C(C)=C/CC.C=C(/C=C\C=C/C)c1cc(-c2ccc(C)c(-c3ccccc3C)c2)ccc1Nc1cccc(-c2cccc(C)c2)c1.CC.CC.CC.Cc1cccc(C2=CC=CC2)c1.Cc1ccccc1.Cc1ccccc1C. The quantitative estimate of drug-likeness (QED) is 0.0896. The number of anilines is 2. The summed E-state index contributed by atoms with van der Waals surface area (Å²) in [5, 5.41) is 3.69. The molecule has 95 heavy (non-hydrogen) atoms. The molecular weight excluding hydrogens is 1140 g/mol. The molecule has 1 nitrogen and oxygen atoms in total. The second kappa shape index (κ2) is 46.1. The summed E-state index contributed by atoms with van der Waals surface area (Å²) in [4.78, 5) is 0. The number of benzene rings is 9. The Hall–Kier alpha value is -10.0. The Morgan fingerprint density at radius 2 is 0.979 bits per heavy atom. The molecule has 0 atom stereocenters. The summed E-state index contributed by atoms with van der Waals surface area (Å²) in [5.74, 6) is 0. The van der Waals surface area contributed by atoms with E-state index in [1.807, 2.05) is 134 Å². The van der Waals surface area contributed by atoms with Crippen LogP contribution in [-0.2, 0) is 0 Å². The van der Waals surface area contributed by atoms with Crippen molar-refractivity contribution in [2.45, 2.75) is 131 Å². The summed E-state index contributed by atoms with van der Waals surface area (Å²) in [5.41, 5.74) is 31.3. The van der Waals surface area contributed by atoms with Crippen LogP contribution in [0.1, 0.15) is 138 Å². The molecule has 9 aromatic rings. The third-order valence-electron chi connectivity index (χ3n) is 15.1. The molecule has 1 N–H and O–H groups in total. The van der Waals surface area contributed by atoms with Crippen LogP contribution in [-0.4, -0.2) is 0 Å². The van der Waals surface area contributed by atoms with E-state index < -0.39 is 0 Å². The third-order valence-corrected chi connectivity index (χ3v) is 15.1. The lowest BCUT2D eigenvalue weighted by Gasteiger charge is -2.17. The molecule has 11 rings (SSSR count). The summed E-state index contributed by atoms with van der Waals surface area (Å²) in [7, 11) is 0. The Bertz CT molecular complexity index is 4020. The maximum atomic E-state index is 4.44. The fourth-order valence-corrected chi connectivity index (χ4v) is 9.80. The Morgan fingerprint density at radius 3 is 1.52 bits per heavy atom. The highest BCUT2D eigenvalue weighted by molar-refractivity contribution is 5.88. The predicted octanol–water partition coefficient (Wildman–Crippen LogP) is 28.5. The van der Waals surface area contributed by atoms with E-state index >= 15 is 0 Å². The molecule has 0 saturated heterocycles. The molecule has 2 aliphatic carbocycles. The van der Waals surface area contributed by atoms with Gasteiger partial charge in [0, 0.05) is 22.5 Å². The van der Waals surface area contributed by atoms with Crippen molar-refractivity contribution < 1.29 is 0 Å². The van der Waals surface area contributed by atoms with Gasteiger partial charge in [0.25, 0.3) is 0 Å². The minimum Gasteiger partial charge on any atom is -0.355 e. The van der Waals surface area contributed by atoms with Gasteiger partial charge in [-0.25, -0.2) is 0 Å². The van der Waals surface area contributed by atoms with Crippen molar-refractivity contribution >= 4 is 28.1 Å². The van der Waals surface area contributed by atoms with Crippen LogP contribution in [0.2, 0.25) is 0 Å².